The molecule has 16 rings (SSSR count). The number of nitrogens with one attached hydrogen (secondary N) is 8. The smallest absolute Gasteiger partial charge is 0.338 e. The lowest BCUT2D eigenvalue weighted by Crippen LogP contribution is -2.30. The van der Waals surface area contributed by atoms with E-state index in [1.807, 2.05) is 52.8 Å². The average molecular weight is 2150 g/mol. The van der Waals surface area contributed by atoms with Crippen LogP contribution in [-0.4, -0.2) is 180 Å². The summed E-state index contributed by atoms with van der Waals surface area (Å²) in [7, 11) is -11.8. The second kappa shape index (κ2) is 50.5. The SMILES string of the molecule is CCOC(=O)c1ccc(NS(=O)(=O)c2cc(-c3sc(NC(=O)CC4CCOCC4)nc3C)ccc2OC)cc1.COc1ccc(-c2sc(NC(=O)C(C)C3CCOCC3)nc2C)cc1S(=O)(=O)Nc1ccc(O)cc1.COc1ccc(-c2sc(NC(=O)CC3CCOCC3)nc2C)cc1S(=O)(=O)Nc1ccc(C(=O)O)cc1.Cc1ccccc1NS(=O)(=O)c1cc(-c2sc(NC(=O)CC3CCOCC3)nc2C)ccc1C. The summed E-state index contributed by atoms with van der Waals surface area (Å²) in [5.74, 6) is -0.384. The third-order valence-corrected chi connectivity index (χ3v) is 34.6. The van der Waals surface area contributed by atoms with Crippen molar-refractivity contribution in [3.63, 3.8) is 0 Å². The first-order chi connectivity index (χ1) is 69.8. The molecule has 8 aromatic carbocycles. The van der Waals surface area contributed by atoms with Gasteiger partial charge in [0.2, 0.25) is 23.6 Å². The molecule has 12 aromatic rings. The van der Waals surface area contributed by atoms with E-state index in [1.165, 1.54) is 158 Å². The van der Waals surface area contributed by atoms with E-state index in [9.17, 15) is 67.5 Å². The van der Waals surface area contributed by atoms with Crippen molar-refractivity contribution in [2.75, 3.05) is 121 Å². The van der Waals surface area contributed by atoms with E-state index >= 15 is 0 Å². The number of aryl methyl sites for hydroxylation is 6. The van der Waals surface area contributed by atoms with E-state index in [1.54, 1.807) is 81.4 Å². The first-order valence-corrected chi connectivity index (χ1v) is 56.1. The van der Waals surface area contributed by atoms with Gasteiger partial charge in [0.1, 0.15) is 37.7 Å². The Hall–Kier alpha value is -12.9. The number of carboxylic acids is 1. The Balaban J connectivity index is 0.000000163. The van der Waals surface area contributed by atoms with Gasteiger partial charge in [-0.25, -0.2) is 63.2 Å². The predicted octanol–water partition coefficient (Wildman–Crippen LogP) is 19.2. The van der Waals surface area contributed by atoms with Gasteiger partial charge in [-0.3, -0.25) is 38.1 Å². The van der Waals surface area contributed by atoms with Crippen LogP contribution in [0.4, 0.5) is 43.3 Å². The van der Waals surface area contributed by atoms with Crippen molar-refractivity contribution in [1.29, 1.82) is 0 Å². The molecule has 1 atom stereocenters. The minimum Gasteiger partial charge on any atom is -0.508 e. The van der Waals surface area contributed by atoms with Crippen LogP contribution in [0, 0.1) is 71.1 Å². The fraction of sp³-hybridized carbons (Fsp3) is 0.353. The van der Waals surface area contributed by atoms with Gasteiger partial charge in [-0.2, -0.15) is 0 Å². The molecule has 8 heterocycles. The van der Waals surface area contributed by atoms with Crippen molar-refractivity contribution in [3.8, 4) is 64.8 Å². The number of ether oxygens (including phenoxy) is 8. The number of carboxylic acid groups (broad SMARTS) is 1. The summed E-state index contributed by atoms with van der Waals surface area (Å²) in [6.07, 6.45) is 8.22. The van der Waals surface area contributed by atoms with Crippen LogP contribution in [0.15, 0.2) is 189 Å². The van der Waals surface area contributed by atoms with Crippen LogP contribution in [0.5, 0.6) is 23.0 Å². The predicted molar refractivity (Wildman–Crippen MR) is 564 cm³/mol. The van der Waals surface area contributed by atoms with Crippen molar-refractivity contribution < 1.29 is 111 Å². The number of methoxy groups -OCH3 is 3. The first kappa shape index (κ1) is 110. The largest absolute Gasteiger partial charge is 0.508 e. The third kappa shape index (κ3) is 29.8. The van der Waals surface area contributed by atoms with Crippen molar-refractivity contribution in [2.24, 2.45) is 29.6 Å². The maximum Gasteiger partial charge on any atom is 0.338 e. The number of hydrogen-bond donors (Lipinski definition) is 10. The second-order valence-corrected chi connectivity index (χ2v) is 45.5. The van der Waals surface area contributed by atoms with E-state index in [0.717, 1.165) is 82.8 Å². The number of aromatic hydroxyl groups is 1. The van der Waals surface area contributed by atoms with E-state index in [-0.39, 0.29) is 108 Å². The number of carbonyl (C=O) groups is 6. The molecule has 1 unspecified atom stereocenters. The number of phenolic OH excluding ortho intramolecular Hbond substituents is 1. The maximum absolute atomic E-state index is 13.4. The topological polar surface area (TPSA) is 501 Å². The quantitative estimate of drug-likeness (QED) is 0.0132. The Labute approximate surface area is 864 Å². The molecule has 4 saturated heterocycles. The van der Waals surface area contributed by atoms with E-state index in [2.05, 4.69) is 60.1 Å². The number of rotatable bonds is 34. The van der Waals surface area contributed by atoms with Gasteiger partial charge in [0.15, 0.2) is 20.5 Å². The standard InChI is InChI=1S/C27H31N3O7S2.C25H27N3O7S2.C25H29N3O6S2.C25H29N3O4S2/c1-4-37-26(32)19-5-8-21(9-6-19)30-39(33,34)23-16-20(7-10-22(23)35-3)25-17(2)28-27(38-25)29-24(31)15-18-11-13-36-14-12-18;1-15-23(36-25(26-15)27-22(29)13-16-9-11-35-12-10-16)18-5-8-20(34-2)21(14-18)37(32,33)28-19-6-3-17(4-7-19)24(30)31;1-15(17-10-12-34-13-11-17)24(30)27-25-26-16(2)23(35-25)18-4-9-21(33-3)22(14-18)36(31,32)28-19-5-7-20(29)8-6-19;1-16-6-4-5-7-21(16)28-34(30,31)22-15-20(9-8-17(22)2)24-18(3)26-25(33-24)27-23(29)14-19-10-12-32-13-11-19/h5-10,16,18,30H,4,11-15H2,1-3H3,(H,28,29,31);3-8,14,16,28H,9-13H2,1-2H3,(H,30,31)(H,26,27,29);4-9,14-15,17,28-29H,10-13H2,1-3H3,(H,26,27,30);4-9,15,19,28H,10-14H2,1-3H3,(H,26,27,29). The highest BCUT2D eigenvalue weighted by molar-refractivity contribution is 7.93. The van der Waals surface area contributed by atoms with Crippen LogP contribution < -0.4 is 54.4 Å². The number of aromatic nitrogens is 4. The minimum absolute atomic E-state index is 0.0308. The van der Waals surface area contributed by atoms with Crippen LogP contribution in [-0.2, 0) is 83.0 Å². The Morgan fingerprint density at radius 3 is 1.05 bits per heavy atom. The van der Waals surface area contributed by atoms with Crippen LogP contribution in [0.25, 0.3) is 41.8 Å². The number of sulfonamides is 4. The molecule has 4 aromatic heterocycles. The minimum atomic E-state index is -4.08. The monoisotopic (exact) mass is 2150 g/mol. The van der Waals surface area contributed by atoms with Gasteiger partial charge in [-0.05, 0) is 296 Å². The molecule has 4 aliphatic heterocycles. The number of carbonyl (C=O) groups excluding carboxylic acids is 5. The molecule has 4 fully saturated rings. The van der Waals surface area contributed by atoms with Crippen LogP contribution in [0.1, 0.15) is 139 Å². The molecular weight excluding hydrogens is 2030 g/mol. The van der Waals surface area contributed by atoms with Gasteiger partial charge >= 0.3 is 11.9 Å². The Morgan fingerprint density at radius 2 is 0.705 bits per heavy atom. The zero-order chi connectivity index (χ0) is 105. The van der Waals surface area contributed by atoms with Crippen LogP contribution >= 0.6 is 45.3 Å². The van der Waals surface area contributed by atoms with Gasteiger partial charge < -0.3 is 69.4 Å². The van der Waals surface area contributed by atoms with Gasteiger partial charge in [0, 0.05) is 95.1 Å². The third-order valence-electron chi connectivity index (χ3n) is 24.4. The van der Waals surface area contributed by atoms with Gasteiger partial charge in [-0.1, -0.05) is 82.6 Å². The Bertz CT molecular complexity index is 7140. The lowest BCUT2D eigenvalue weighted by molar-refractivity contribution is -0.122. The molecule has 146 heavy (non-hydrogen) atoms. The number of thiazole rings is 4. The van der Waals surface area contributed by atoms with Crippen molar-refractivity contribution >= 4 is 164 Å². The summed E-state index contributed by atoms with van der Waals surface area (Å²) < 4.78 is 158. The summed E-state index contributed by atoms with van der Waals surface area (Å²) in [6.45, 7) is 20.2. The number of benzene rings is 8. The second-order valence-electron chi connectivity index (χ2n) is 34.9. The number of aromatic carboxylic acids is 1. The molecule has 10 N–H and O–H groups in total. The number of nitrogens with zero attached hydrogens (tertiary/aromatic N) is 4. The molecule has 0 saturated carbocycles. The molecule has 4 aliphatic rings. The van der Waals surface area contributed by atoms with Crippen LogP contribution in [0.3, 0.4) is 0 Å². The number of amides is 4. The van der Waals surface area contributed by atoms with Crippen molar-refractivity contribution in [2.45, 2.75) is 146 Å². The highest BCUT2D eigenvalue weighted by Gasteiger charge is 2.33. The molecule has 776 valence electrons. The fourth-order valence-electron chi connectivity index (χ4n) is 16.4. The molecule has 0 bridgehead atoms. The van der Waals surface area contributed by atoms with Gasteiger partial charge in [-0.15, -0.1) is 0 Å². The highest BCUT2D eigenvalue weighted by atomic mass is 32.2. The Kier molecular flexibility index (Phi) is 38.2. The van der Waals surface area contributed by atoms with Gasteiger partial charge in [0.05, 0.1) is 91.9 Å². The first-order valence-electron chi connectivity index (χ1n) is 46.9. The summed E-state index contributed by atoms with van der Waals surface area (Å²) in [4.78, 5) is 94.4. The molecular formula is C102H116N12O24S8. The summed E-state index contributed by atoms with van der Waals surface area (Å²) in [5, 5.41) is 32.0. The molecule has 44 heteroatoms. The van der Waals surface area contributed by atoms with Crippen molar-refractivity contribution in [1.82, 2.24) is 19.9 Å². The summed E-state index contributed by atoms with van der Waals surface area (Å²) in [6, 6.07) is 44.2. The van der Waals surface area contributed by atoms with Crippen molar-refractivity contribution in [3.05, 3.63) is 215 Å². The molecule has 4 amide bonds. The number of anilines is 8. The molecule has 0 spiro atoms. The Morgan fingerprint density at radius 1 is 0.390 bits per heavy atom. The number of esters is 1. The number of hydrogen-bond acceptors (Lipinski definition) is 31. The number of phenols is 1. The molecule has 0 radical (unpaired) electrons. The summed E-state index contributed by atoms with van der Waals surface area (Å²) >= 11 is 5.19. The fourth-order valence-corrected chi connectivity index (χ4v) is 25.5. The zero-order valence-corrected chi connectivity index (χ0v) is 88.7. The highest BCUT2D eigenvalue weighted by Crippen LogP contribution is 2.44. The van der Waals surface area contributed by atoms with E-state index in [0.29, 0.717) is 166 Å². The lowest BCUT2D eigenvalue weighted by Gasteiger charge is -2.26. The van der Waals surface area contributed by atoms with Gasteiger partial charge in [0.25, 0.3) is 40.1 Å². The number of para-hydroxylation sites is 1. The summed E-state index contributed by atoms with van der Waals surface area (Å²) in [5.41, 5.74) is 8.52. The molecule has 0 aliphatic carbocycles. The maximum atomic E-state index is 13.4. The normalized spacial score (nSPS) is 14.5. The lowest BCUT2D eigenvalue weighted by atomic mass is 9.87. The van der Waals surface area contributed by atoms with E-state index < -0.39 is 52.0 Å². The van der Waals surface area contributed by atoms with Crippen LogP contribution in [0.2, 0.25) is 0 Å². The average Bonchev–Trinajstić information content (AvgIpc) is 1.47. The zero-order valence-electron chi connectivity index (χ0n) is 82.1. The van der Waals surface area contributed by atoms with E-state index in [4.69, 9.17) is 43.0 Å². The molecule has 36 nitrogen and oxygen atoms in total.